The van der Waals surface area contributed by atoms with Crippen LogP contribution in [0.25, 0.3) is 0 Å². The summed E-state index contributed by atoms with van der Waals surface area (Å²) in [5, 5.41) is 3.77. The normalized spacial score (nSPS) is 17.2. The molecule has 1 N–H and O–H groups in total. The molecule has 0 radical (unpaired) electrons. The van der Waals surface area contributed by atoms with Crippen LogP contribution in [0.15, 0.2) is 24.3 Å². The van der Waals surface area contributed by atoms with Gasteiger partial charge in [-0.2, -0.15) is 0 Å². The zero-order valence-electron chi connectivity index (χ0n) is 13.9. The first kappa shape index (κ1) is 16.4. The second-order valence-corrected chi connectivity index (χ2v) is 6.26. The molecule has 0 aromatic heterocycles. The molecule has 0 aliphatic heterocycles. The number of nitrogens with one attached hydrogen (secondary N) is 1. The van der Waals surface area contributed by atoms with Gasteiger partial charge in [0.1, 0.15) is 0 Å². The summed E-state index contributed by atoms with van der Waals surface area (Å²) in [4.78, 5) is 2.39. The van der Waals surface area contributed by atoms with Gasteiger partial charge in [-0.15, -0.1) is 0 Å². The lowest BCUT2D eigenvalue weighted by atomic mass is 9.96. The highest BCUT2D eigenvalue weighted by Crippen LogP contribution is 2.18. The van der Waals surface area contributed by atoms with Gasteiger partial charge in [-0.1, -0.05) is 44.2 Å². The topological polar surface area (TPSA) is 15.3 Å². The first-order chi connectivity index (χ1) is 10.3. The largest absolute Gasteiger partial charge is 0.372 e. The molecule has 1 fully saturated rings. The van der Waals surface area contributed by atoms with Crippen LogP contribution in [0.5, 0.6) is 0 Å². The summed E-state index contributed by atoms with van der Waals surface area (Å²) < 4.78 is 0. The highest BCUT2D eigenvalue weighted by molar-refractivity contribution is 5.47. The molecule has 21 heavy (non-hydrogen) atoms. The summed E-state index contributed by atoms with van der Waals surface area (Å²) in [6.07, 6.45) is 9.82. The molecule has 0 spiro atoms. The van der Waals surface area contributed by atoms with E-state index in [0.717, 1.165) is 25.7 Å². The average Bonchev–Trinajstić information content (AvgIpc) is 2.49. The predicted octanol–water partition coefficient (Wildman–Crippen LogP) is 4.74. The summed E-state index contributed by atoms with van der Waals surface area (Å²) in [6.45, 7) is 7.61. The van der Waals surface area contributed by atoms with Crippen molar-refractivity contribution >= 4 is 5.69 Å². The molecule has 0 amide bonds. The van der Waals surface area contributed by atoms with Gasteiger partial charge in [0.15, 0.2) is 0 Å². The second kappa shape index (κ2) is 9.09. The van der Waals surface area contributed by atoms with Crippen molar-refractivity contribution < 1.29 is 0 Å². The van der Waals surface area contributed by atoms with E-state index in [4.69, 9.17) is 0 Å². The molecule has 0 atom stereocenters. The maximum atomic E-state index is 3.77. The Morgan fingerprint density at radius 3 is 2.05 bits per heavy atom. The monoisotopic (exact) mass is 288 g/mol. The van der Waals surface area contributed by atoms with E-state index < -0.39 is 0 Å². The Kier molecular flexibility index (Phi) is 7.08. The molecule has 1 aliphatic carbocycles. The Labute approximate surface area is 130 Å². The van der Waals surface area contributed by atoms with Crippen LogP contribution in [-0.4, -0.2) is 19.1 Å². The van der Waals surface area contributed by atoms with Crippen molar-refractivity contribution in [3.63, 3.8) is 0 Å². The van der Waals surface area contributed by atoms with Crippen LogP contribution in [0.4, 0.5) is 5.69 Å². The third kappa shape index (κ3) is 5.35. The van der Waals surface area contributed by atoms with Gasteiger partial charge in [0, 0.05) is 31.4 Å². The van der Waals surface area contributed by atoms with Crippen LogP contribution in [-0.2, 0) is 6.54 Å². The van der Waals surface area contributed by atoms with Crippen molar-refractivity contribution in [2.75, 3.05) is 18.0 Å². The van der Waals surface area contributed by atoms with Crippen molar-refractivity contribution in [2.45, 2.75) is 71.4 Å². The standard InChI is InChI=1S/C19H32N2/c1-3-21(4-2)19-14-12-17(13-15-19)16-20-18-10-8-6-5-7-9-11-18/h12-15,18,20H,3-11,16H2,1-2H3. The molecule has 1 aromatic rings. The third-order valence-electron chi connectivity index (χ3n) is 4.76. The van der Waals surface area contributed by atoms with E-state index >= 15 is 0 Å². The van der Waals surface area contributed by atoms with Gasteiger partial charge in [0.25, 0.3) is 0 Å². The Morgan fingerprint density at radius 2 is 1.48 bits per heavy atom. The number of nitrogens with zero attached hydrogens (tertiary/aromatic N) is 1. The fourth-order valence-corrected chi connectivity index (χ4v) is 3.34. The van der Waals surface area contributed by atoms with Gasteiger partial charge in [0.05, 0.1) is 0 Å². The highest BCUT2D eigenvalue weighted by Gasteiger charge is 2.10. The molecule has 1 aromatic carbocycles. The van der Waals surface area contributed by atoms with Crippen molar-refractivity contribution in [1.29, 1.82) is 0 Å². The van der Waals surface area contributed by atoms with Crippen LogP contribution in [0.2, 0.25) is 0 Å². The number of rotatable bonds is 6. The van der Waals surface area contributed by atoms with Crippen molar-refractivity contribution in [3.8, 4) is 0 Å². The van der Waals surface area contributed by atoms with Gasteiger partial charge < -0.3 is 10.2 Å². The average molecular weight is 288 g/mol. The van der Waals surface area contributed by atoms with Gasteiger partial charge in [0.2, 0.25) is 0 Å². The summed E-state index contributed by atoms with van der Waals surface area (Å²) in [5.74, 6) is 0. The molecule has 1 saturated carbocycles. The minimum atomic E-state index is 0.729. The van der Waals surface area contributed by atoms with Gasteiger partial charge in [-0.05, 0) is 44.4 Å². The molecule has 0 saturated heterocycles. The maximum Gasteiger partial charge on any atom is 0.0366 e. The van der Waals surface area contributed by atoms with Crippen LogP contribution in [0, 0.1) is 0 Å². The molecule has 2 heteroatoms. The zero-order chi connectivity index (χ0) is 14.9. The molecule has 0 heterocycles. The Balaban J connectivity index is 1.82. The second-order valence-electron chi connectivity index (χ2n) is 6.26. The molecular weight excluding hydrogens is 256 g/mol. The van der Waals surface area contributed by atoms with Crippen LogP contribution in [0.3, 0.4) is 0 Å². The molecule has 1 aliphatic rings. The van der Waals surface area contributed by atoms with E-state index in [1.165, 1.54) is 56.2 Å². The Bertz CT molecular complexity index is 373. The quantitative estimate of drug-likeness (QED) is 0.813. The smallest absolute Gasteiger partial charge is 0.0366 e. The van der Waals surface area contributed by atoms with Crippen molar-refractivity contribution in [1.82, 2.24) is 5.32 Å². The first-order valence-corrected chi connectivity index (χ1v) is 8.90. The fourth-order valence-electron chi connectivity index (χ4n) is 3.34. The van der Waals surface area contributed by atoms with E-state index in [-0.39, 0.29) is 0 Å². The predicted molar refractivity (Wildman–Crippen MR) is 92.9 cm³/mol. The summed E-state index contributed by atoms with van der Waals surface area (Å²) in [5.41, 5.74) is 2.75. The number of benzene rings is 1. The minimum absolute atomic E-state index is 0.729. The van der Waals surface area contributed by atoms with Crippen LogP contribution < -0.4 is 10.2 Å². The Hall–Kier alpha value is -1.02. The fraction of sp³-hybridized carbons (Fsp3) is 0.684. The highest BCUT2D eigenvalue weighted by atomic mass is 15.1. The number of hydrogen-bond acceptors (Lipinski definition) is 2. The summed E-state index contributed by atoms with van der Waals surface area (Å²) in [7, 11) is 0. The molecule has 2 nitrogen and oxygen atoms in total. The van der Waals surface area contributed by atoms with Gasteiger partial charge >= 0.3 is 0 Å². The van der Waals surface area contributed by atoms with E-state index in [2.05, 4.69) is 48.3 Å². The lowest BCUT2D eigenvalue weighted by Gasteiger charge is -2.22. The van der Waals surface area contributed by atoms with E-state index in [9.17, 15) is 0 Å². The summed E-state index contributed by atoms with van der Waals surface area (Å²) >= 11 is 0. The zero-order valence-corrected chi connectivity index (χ0v) is 13.9. The maximum absolute atomic E-state index is 3.77. The number of anilines is 1. The van der Waals surface area contributed by atoms with E-state index in [0.29, 0.717) is 0 Å². The number of hydrogen-bond donors (Lipinski definition) is 1. The van der Waals surface area contributed by atoms with E-state index in [1.807, 2.05) is 0 Å². The van der Waals surface area contributed by atoms with Crippen molar-refractivity contribution in [3.05, 3.63) is 29.8 Å². The first-order valence-electron chi connectivity index (χ1n) is 8.90. The SMILES string of the molecule is CCN(CC)c1ccc(CNC2CCCCCCC2)cc1. The van der Waals surface area contributed by atoms with Gasteiger partial charge in [-0.3, -0.25) is 0 Å². The molecule has 0 bridgehead atoms. The summed E-state index contributed by atoms with van der Waals surface area (Å²) in [6, 6.07) is 9.82. The molecule has 118 valence electrons. The lowest BCUT2D eigenvalue weighted by molar-refractivity contribution is 0.389. The molecule has 2 rings (SSSR count). The molecular formula is C19H32N2. The minimum Gasteiger partial charge on any atom is -0.372 e. The van der Waals surface area contributed by atoms with E-state index in [1.54, 1.807) is 0 Å². The Morgan fingerprint density at radius 1 is 0.905 bits per heavy atom. The third-order valence-corrected chi connectivity index (χ3v) is 4.76. The van der Waals surface area contributed by atoms with Gasteiger partial charge in [-0.25, -0.2) is 0 Å². The van der Waals surface area contributed by atoms with Crippen LogP contribution in [0.1, 0.15) is 64.4 Å². The lowest BCUT2D eigenvalue weighted by Crippen LogP contribution is -2.29. The molecule has 0 unspecified atom stereocenters. The van der Waals surface area contributed by atoms with Crippen LogP contribution >= 0.6 is 0 Å². The van der Waals surface area contributed by atoms with Crippen molar-refractivity contribution in [2.24, 2.45) is 0 Å².